The Bertz CT molecular complexity index is 605. The highest BCUT2D eigenvalue weighted by molar-refractivity contribution is 9.11. The van der Waals surface area contributed by atoms with Crippen LogP contribution in [0.5, 0.6) is 0 Å². The van der Waals surface area contributed by atoms with E-state index in [1.54, 1.807) is 0 Å². The fourth-order valence-corrected chi connectivity index (χ4v) is 2.67. The lowest BCUT2D eigenvalue weighted by atomic mass is 9.99. The van der Waals surface area contributed by atoms with Gasteiger partial charge in [-0.05, 0) is 29.8 Å². The molecule has 0 saturated carbocycles. The fourth-order valence-electron chi connectivity index (χ4n) is 1.82. The molecule has 2 aromatic carbocycles. The summed E-state index contributed by atoms with van der Waals surface area (Å²) in [6.45, 7) is 0. The Morgan fingerprint density at radius 3 is 2.37 bits per heavy atom. The second-order valence-corrected chi connectivity index (χ2v) is 5.70. The Hall–Kier alpha value is -0.820. The lowest BCUT2D eigenvalue weighted by molar-refractivity contribution is 0.541. The van der Waals surface area contributed by atoms with Gasteiger partial charge in [-0.3, -0.25) is 5.84 Å². The van der Waals surface area contributed by atoms with Crippen molar-refractivity contribution in [3.8, 4) is 0 Å². The molecule has 0 radical (unpaired) electrons. The van der Waals surface area contributed by atoms with Crippen LogP contribution < -0.4 is 11.3 Å². The first-order chi connectivity index (χ1) is 9.02. The van der Waals surface area contributed by atoms with Gasteiger partial charge in [-0.15, -0.1) is 0 Å². The molecule has 0 spiro atoms. The van der Waals surface area contributed by atoms with Gasteiger partial charge in [-0.1, -0.05) is 37.9 Å². The third kappa shape index (κ3) is 3.20. The van der Waals surface area contributed by atoms with E-state index in [1.165, 1.54) is 12.1 Å². The quantitative estimate of drug-likeness (QED) is 0.612. The number of rotatable bonds is 3. The van der Waals surface area contributed by atoms with Crippen LogP contribution in [0.4, 0.5) is 8.78 Å². The standard InChI is InChI=1S/C13H10Br2F2N2/c14-7-1-4-11(15)10(5-7)13(19-18)9-3-2-8(16)6-12(9)17/h1-6,13,19H,18H2. The second kappa shape index (κ2) is 6.09. The minimum atomic E-state index is -0.644. The highest BCUT2D eigenvalue weighted by Gasteiger charge is 2.19. The molecule has 3 N–H and O–H groups in total. The number of hydrazine groups is 1. The molecule has 1 atom stereocenters. The molecule has 2 nitrogen and oxygen atoms in total. The Kier molecular flexibility index (Phi) is 4.67. The number of nitrogens with two attached hydrogens (primary N) is 1. The van der Waals surface area contributed by atoms with Crippen molar-refractivity contribution in [2.24, 2.45) is 5.84 Å². The van der Waals surface area contributed by atoms with E-state index in [2.05, 4.69) is 37.3 Å². The first-order valence-corrected chi connectivity index (χ1v) is 6.97. The van der Waals surface area contributed by atoms with Crippen LogP contribution in [0.15, 0.2) is 45.3 Å². The highest BCUT2D eigenvalue weighted by atomic mass is 79.9. The minimum absolute atomic E-state index is 0.280. The van der Waals surface area contributed by atoms with Crippen molar-refractivity contribution in [2.75, 3.05) is 0 Å². The number of nitrogens with one attached hydrogen (secondary N) is 1. The van der Waals surface area contributed by atoms with Gasteiger partial charge in [-0.25, -0.2) is 14.2 Å². The molecule has 0 heterocycles. The minimum Gasteiger partial charge on any atom is -0.271 e. The Balaban J connectivity index is 2.52. The first kappa shape index (κ1) is 14.6. The van der Waals surface area contributed by atoms with E-state index in [-0.39, 0.29) is 5.56 Å². The molecule has 2 aromatic rings. The molecule has 2 rings (SSSR count). The van der Waals surface area contributed by atoms with E-state index in [0.29, 0.717) is 0 Å². The van der Waals surface area contributed by atoms with Crippen molar-refractivity contribution in [3.63, 3.8) is 0 Å². The Morgan fingerprint density at radius 1 is 1.00 bits per heavy atom. The average molecular weight is 392 g/mol. The molecule has 0 bridgehead atoms. The number of halogens is 4. The summed E-state index contributed by atoms with van der Waals surface area (Å²) in [7, 11) is 0. The lowest BCUT2D eigenvalue weighted by Crippen LogP contribution is -2.29. The lowest BCUT2D eigenvalue weighted by Gasteiger charge is -2.19. The van der Waals surface area contributed by atoms with Gasteiger partial charge in [0, 0.05) is 20.6 Å². The normalized spacial score (nSPS) is 12.5. The third-order valence-electron chi connectivity index (χ3n) is 2.71. The SMILES string of the molecule is NNC(c1ccc(F)cc1F)c1cc(Br)ccc1Br. The van der Waals surface area contributed by atoms with Gasteiger partial charge in [0.15, 0.2) is 0 Å². The smallest absolute Gasteiger partial charge is 0.131 e. The number of benzene rings is 2. The molecule has 0 fully saturated rings. The third-order valence-corrected chi connectivity index (χ3v) is 3.92. The van der Waals surface area contributed by atoms with Crippen molar-refractivity contribution in [3.05, 3.63) is 68.1 Å². The van der Waals surface area contributed by atoms with E-state index in [9.17, 15) is 8.78 Å². The van der Waals surface area contributed by atoms with Crippen molar-refractivity contribution in [2.45, 2.75) is 6.04 Å². The van der Waals surface area contributed by atoms with Gasteiger partial charge in [0.25, 0.3) is 0 Å². The molecule has 0 aliphatic carbocycles. The molecule has 1 unspecified atom stereocenters. The summed E-state index contributed by atoms with van der Waals surface area (Å²) < 4.78 is 28.4. The van der Waals surface area contributed by atoms with Crippen LogP contribution in [0, 0.1) is 11.6 Å². The molecule has 6 heteroatoms. The molecule has 0 saturated heterocycles. The summed E-state index contributed by atoms with van der Waals surface area (Å²) >= 11 is 6.75. The van der Waals surface area contributed by atoms with Crippen molar-refractivity contribution in [1.29, 1.82) is 0 Å². The summed E-state index contributed by atoms with van der Waals surface area (Å²) in [4.78, 5) is 0. The van der Waals surface area contributed by atoms with Crippen LogP contribution in [0.2, 0.25) is 0 Å². The average Bonchev–Trinajstić information content (AvgIpc) is 2.36. The molecule has 0 aliphatic rings. The zero-order chi connectivity index (χ0) is 14.0. The Labute approximate surface area is 126 Å². The van der Waals surface area contributed by atoms with Gasteiger partial charge in [0.2, 0.25) is 0 Å². The highest BCUT2D eigenvalue weighted by Crippen LogP contribution is 2.31. The fraction of sp³-hybridized carbons (Fsp3) is 0.0769. The van der Waals surface area contributed by atoms with Gasteiger partial charge >= 0.3 is 0 Å². The first-order valence-electron chi connectivity index (χ1n) is 5.39. The number of hydrogen-bond acceptors (Lipinski definition) is 2. The maximum atomic E-state index is 13.8. The van der Waals surface area contributed by atoms with Crippen LogP contribution in [0.1, 0.15) is 17.2 Å². The monoisotopic (exact) mass is 390 g/mol. The number of hydrogen-bond donors (Lipinski definition) is 2. The van der Waals surface area contributed by atoms with E-state index in [4.69, 9.17) is 5.84 Å². The van der Waals surface area contributed by atoms with Gasteiger partial charge < -0.3 is 0 Å². The topological polar surface area (TPSA) is 38.0 Å². The van der Waals surface area contributed by atoms with Crippen LogP contribution in [0.3, 0.4) is 0 Å². The summed E-state index contributed by atoms with van der Waals surface area (Å²) in [6.07, 6.45) is 0. The second-order valence-electron chi connectivity index (χ2n) is 3.93. The molecule has 100 valence electrons. The molecule has 0 amide bonds. The van der Waals surface area contributed by atoms with E-state index >= 15 is 0 Å². The van der Waals surface area contributed by atoms with Crippen LogP contribution in [0.25, 0.3) is 0 Å². The largest absolute Gasteiger partial charge is 0.271 e. The maximum Gasteiger partial charge on any atom is 0.131 e. The van der Waals surface area contributed by atoms with Crippen LogP contribution in [-0.4, -0.2) is 0 Å². The summed E-state index contributed by atoms with van der Waals surface area (Å²) in [5.41, 5.74) is 3.58. The molecule has 0 aromatic heterocycles. The van der Waals surface area contributed by atoms with Crippen molar-refractivity contribution < 1.29 is 8.78 Å². The van der Waals surface area contributed by atoms with Crippen molar-refractivity contribution >= 4 is 31.9 Å². The van der Waals surface area contributed by atoms with E-state index in [1.807, 2.05) is 18.2 Å². The van der Waals surface area contributed by atoms with E-state index < -0.39 is 17.7 Å². The van der Waals surface area contributed by atoms with Gasteiger partial charge in [-0.2, -0.15) is 0 Å². The summed E-state index contributed by atoms with van der Waals surface area (Å²) in [6, 6.07) is 8.33. The zero-order valence-electron chi connectivity index (χ0n) is 9.63. The molecule has 19 heavy (non-hydrogen) atoms. The predicted octanol–water partition coefficient (Wildman–Crippen LogP) is 4.04. The summed E-state index contributed by atoms with van der Waals surface area (Å²) in [5, 5.41) is 0. The van der Waals surface area contributed by atoms with Crippen LogP contribution in [-0.2, 0) is 0 Å². The molecular weight excluding hydrogens is 382 g/mol. The predicted molar refractivity (Wildman–Crippen MR) is 77.4 cm³/mol. The van der Waals surface area contributed by atoms with Crippen molar-refractivity contribution in [1.82, 2.24) is 5.43 Å². The summed E-state index contributed by atoms with van der Waals surface area (Å²) in [5.74, 6) is 4.25. The maximum absolute atomic E-state index is 13.8. The van der Waals surface area contributed by atoms with Gasteiger partial charge in [0.1, 0.15) is 11.6 Å². The molecular formula is C13H10Br2F2N2. The zero-order valence-corrected chi connectivity index (χ0v) is 12.8. The van der Waals surface area contributed by atoms with Crippen LogP contribution >= 0.6 is 31.9 Å². The van der Waals surface area contributed by atoms with Gasteiger partial charge in [0.05, 0.1) is 6.04 Å². The van der Waals surface area contributed by atoms with E-state index in [0.717, 1.165) is 20.6 Å². The molecule has 0 aliphatic heterocycles. The Morgan fingerprint density at radius 2 is 1.74 bits per heavy atom.